The van der Waals surface area contributed by atoms with Crippen LogP contribution >= 0.6 is 15.9 Å². The summed E-state index contributed by atoms with van der Waals surface area (Å²) in [5.41, 5.74) is 1.95. The minimum atomic E-state index is -0.360. The van der Waals surface area contributed by atoms with Gasteiger partial charge in [-0.1, -0.05) is 6.92 Å². The number of hydrogen-bond donors (Lipinski definition) is 1. The van der Waals surface area contributed by atoms with Crippen LogP contribution in [0.3, 0.4) is 0 Å². The van der Waals surface area contributed by atoms with E-state index in [0.717, 1.165) is 22.3 Å². The van der Waals surface area contributed by atoms with Crippen LogP contribution in [0, 0.1) is 17.2 Å². The fourth-order valence-electron chi connectivity index (χ4n) is 1.43. The van der Waals surface area contributed by atoms with E-state index in [2.05, 4.69) is 27.1 Å². The van der Waals surface area contributed by atoms with Crippen molar-refractivity contribution in [1.82, 2.24) is 9.78 Å². The Balaban J connectivity index is 2.95. The molecular weight excluding hydrogens is 258 g/mol. The minimum absolute atomic E-state index is 0.115. The van der Waals surface area contributed by atoms with Crippen LogP contribution in [0.1, 0.15) is 18.3 Å². The molecule has 1 heterocycles. The molecule has 5 heteroatoms. The van der Waals surface area contributed by atoms with Gasteiger partial charge in [-0.25, -0.2) is 0 Å². The molecule has 1 N–H and O–H groups in total. The van der Waals surface area contributed by atoms with Gasteiger partial charge in [0.05, 0.1) is 34.5 Å². The monoisotopic (exact) mass is 271 g/mol. The van der Waals surface area contributed by atoms with Gasteiger partial charge in [-0.3, -0.25) is 4.68 Å². The molecule has 15 heavy (non-hydrogen) atoms. The smallest absolute Gasteiger partial charge is 0.0766 e. The van der Waals surface area contributed by atoms with E-state index in [1.807, 2.05) is 14.0 Å². The summed E-state index contributed by atoms with van der Waals surface area (Å²) >= 11 is 3.47. The average molecular weight is 272 g/mol. The van der Waals surface area contributed by atoms with Crippen molar-refractivity contribution < 1.29 is 5.11 Å². The molecule has 0 aliphatic carbocycles. The molecule has 0 aliphatic heterocycles. The first-order chi connectivity index (χ1) is 7.13. The molecule has 82 valence electrons. The molecule has 0 amide bonds. The number of rotatable bonds is 4. The molecule has 0 saturated heterocycles. The molecule has 0 saturated carbocycles. The highest BCUT2D eigenvalue weighted by atomic mass is 79.9. The van der Waals surface area contributed by atoms with Gasteiger partial charge in [0.1, 0.15) is 0 Å². The summed E-state index contributed by atoms with van der Waals surface area (Å²) in [6.07, 6.45) is 1.38. The van der Waals surface area contributed by atoms with E-state index in [4.69, 9.17) is 10.4 Å². The Hall–Kier alpha value is -0.860. The predicted molar refractivity (Wildman–Crippen MR) is 60.2 cm³/mol. The van der Waals surface area contributed by atoms with Gasteiger partial charge in [0.25, 0.3) is 0 Å². The highest BCUT2D eigenvalue weighted by molar-refractivity contribution is 9.10. The number of halogens is 1. The van der Waals surface area contributed by atoms with Gasteiger partial charge in [-0.05, 0) is 22.4 Å². The summed E-state index contributed by atoms with van der Waals surface area (Å²) in [5.74, 6) is -0.360. The van der Waals surface area contributed by atoms with Crippen LogP contribution in [-0.2, 0) is 19.9 Å². The van der Waals surface area contributed by atoms with Crippen molar-refractivity contribution in [3.63, 3.8) is 0 Å². The van der Waals surface area contributed by atoms with Crippen molar-refractivity contribution in [2.75, 3.05) is 6.61 Å². The topological polar surface area (TPSA) is 61.8 Å². The van der Waals surface area contributed by atoms with E-state index >= 15 is 0 Å². The Bertz CT molecular complexity index is 381. The molecule has 0 aliphatic rings. The van der Waals surface area contributed by atoms with E-state index in [9.17, 15) is 0 Å². The first kappa shape index (κ1) is 12.2. The van der Waals surface area contributed by atoms with Crippen molar-refractivity contribution in [2.24, 2.45) is 13.0 Å². The Labute approximate surface area is 97.6 Å². The molecule has 0 bridgehead atoms. The van der Waals surface area contributed by atoms with Crippen molar-refractivity contribution >= 4 is 15.9 Å². The van der Waals surface area contributed by atoms with Crippen LogP contribution in [0.15, 0.2) is 4.47 Å². The lowest BCUT2D eigenvalue weighted by Crippen LogP contribution is -2.10. The third-order valence-corrected chi connectivity index (χ3v) is 3.26. The lowest BCUT2D eigenvalue weighted by Gasteiger charge is -2.06. The molecule has 4 nitrogen and oxygen atoms in total. The molecular formula is C10H14BrN3O. The second-order valence-corrected chi connectivity index (χ2v) is 4.19. The fraction of sp³-hybridized carbons (Fsp3) is 0.600. The van der Waals surface area contributed by atoms with Crippen molar-refractivity contribution in [1.29, 1.82) is 5.26 Å². The van der Waals surface area contributed by atoms with Crippen molar-refractivity contribution in [2.45, 2.75) is 19.8 Å². The lowest BCUT2D eigenvalue weighted by atomic mass is 10.1. The summed E-state index contributed by atoms with van der Waals surface area (Å²) in [4.78, 5) is 0. The van der Waals surface area contributed by atoms with Crippen LogP contribution in [0.2, 0.25) is 0 Å². The number of aliphatic hydroxyl groups excluding tert-OH is 1. The molecule has 0 spiro atoms. The first-order valence-corrected chi connectivity index (χ1v) is 5.64. The zero-order valence-corrected chi connectivity index (χ0v) is 10.5. The summed E-state index contributed by atoms with van der Waals surface area (Å²) in [7, 11) is 1.85. The zero-order valence-electron chi connectivity index (χ0n) is 8.87. The average Bonchev–Trinajstić information content (AvgIpc) is 2.51. The van der Waals surface area contributed by atoms with E-state index in [1.165, 1.54) is 0 Å². The number of nitrogens with zero attached hydrogens (tertiary/aromatic N) is 3. The van der Waals surface area contributed by atoms with Crippen LogP contribution in [0.5, 0.6) is 0 Å². The highest BCUT2D eigenvalue weighted by Gasteiger charge is 2.16. The zero-order chi connectivity index (χ0) is 11.4. The maximum Gasteiger partial charge on any atom is 0.0766 e. The van der Waals surface area contributed by atoms with E-state index in [0.29, 0.717) is 6.42 Å². The summed E-state index contributed by atoms with van der Waals surface area (Å²) in [6.45, 7) is 1.92. The van der Waals surface area contributed by atoms with E-state index in [1.54, 1.807) is 4.68 Å². The van der Waals surface area contributed by atoms with Gasteiger partial charge in [0, 0.05) is 13.5 Å². The molecule has 0 radical (unpaired) electrons. The van der Waals surface area contributed by atoms with Gasteiger partial charge in [-0.2, -0.15) is 10.4 Å². The van der Waals surface area contributed by atoms with Crippen molar-refractivity contribution in [3.8, 4) is 6.07 Å². The Morgan fingerprint density at radius 1 is 1.67 bits per heavy atom. The van der Waals surface area contributed by atoms with Gasteiger partial charge >= 0.3 is 0 Å². The van der Waals surface area contributed by atoms with Gasteiger partial charge in [0.2, 0.25) is 0 Å². The normalized spacial score (nSPS) is 12.5. The quantitative estimate of drug-likeness (QED) is 0.901. The Morgan fingerprint density at radius 3 is 2.73 bits per heavy atom. The van der Waals surface area contributed by atoms with Gasteiger partial charge in [-0.15, -0.1) is 0 Å². The first-order valence-electron chi connectivity index (χ1n) is 4.84. The number of nitriles is 1. The lowest BCUT2D eigenvalue weighted by molar-refractivity contribution is 0.254. The van der Waals surface area contributed by atoms with Crippen LogP contribution in [0.4, 0.5) is 0 Å². The SMILES string of the molecule is CCc1nn(C)c(CC(C#N)CO)c1Br. The summed E-state index contributed by atoms with van der Waals surface area (Å²) in [6, 6.07) is 2.07. The third-order valence-electron chi connectivity index (χ3n) is 2.35. The molecule has 0 aromatic carbocycles. The molecule has 1 unspecified atom stereocenters. The number of aliphatic hydroxyl groups is 1. The third kappa shape index (κ3) is 2.58. The predicted octanol–water partition coefficient (Wildman–Crippen LogP) is 1.42. The largest absolute Gasteiger partial charge is 0.395 e. The van der Waals surface area contributed by atoms with E-state index < -0.39 is 0 Å². The second-order valence-electron chi connectivity index (χ2n) is 3.40. The molecule has 0 fully saturated rings. The van der Waals surface area contributed by atoms with Crippen LogP contribution in [0.25, 0.3) is 0 Å². The number of hydrogen-bond acceptors (Lipinski definition) is 3. The maximum absolute atomic E-state index is 8.97. The van der Waals surface area contributed by atoms with E-state index in [-0.39, 0.29) is 12.5 Å². The Kier molecular flexibility index (Phi) is 4.30. The van der Waals surface area contributed by atoms with Gasteiger partial charge < -0.3 is 5.11 Å². The number of aromatic nitrogens is 2. The molecule has 1 rings (SSSR count). The molecule has 1 aromatic heterocycles. The maximum atomic E-state index is 8.97. The molecule has 1 atom stereocenters. The van der Waals surface area contributed by atoms with Crippen molar-refractivity contribution in [3.05, 3.63) is 15.9 Å². The second kappa shape index (κ2) is 5.29. The summed E-state index contributed by atoms with van der Waals surface area (Å²) in [5, 5.41) is 22.1. The fourth-order valence-corrected chi connectivity index (χ4v) is 2.20. The Morgan fingerprint density at radius 2 is 2.33 bits per heavy atom. The number of aryl methyl sites for hydroxylation is 2. The van der Waals surface area contributed by atoms with Gasteiger partial charge in [0.15, 0.2) is 0 Å². The van der Waals surface area contributed by atoms with Crippen LogP contribution in [-0.4, -0.2) is 21.5 Å². The summed E-state index contributed by atoms with van der Waals surface area (Å²) < 4.78 is 2.73. The minimum Gasteiger partial charge on any atom is -0.395 e. The standard InChI is InChI=1S/C10H14BrN3O/c1-3-8-10(11)9(14(2)13-8)4-7(5-12)6-15/h7,15H,3-4,6H2,1-2H3. The molecule has 1 aromatic rings. The van der Waals surface area contributed by atoms with Crippen LogP contribution < -0.4 is 0 Å². The highest BCUT2D eigenvalue weighted by Crippen LogP contribution is 2.23.